The van der Waals surface area contributed by atoms with Crippen LogP contribution >= 0.6 is 0 Å². The van der Waals surface area contributed by atoms with E-state index in [9.17, 15) is 18.0 Å². The third kappa shape index (κ3) is 5.03. The maximum Gasteiger partial charge on any atom is 0.408 e. The van der Waals surface area contributed by atoms with E-state index in [1.807, 2.05) is 5.32 Å². The van der Waals surface area contributed by atoms with Gasteiger partial charge < -0.3 is 15.2 Å². The summed E-state index contributed by atoms with van der Waals surface area (Å²) < 4.78 is 35.7. The summed E-state index contributed by atoms with van der Waals surface area (Å²) in [5.74, 6) is -1.56. The van der Waals surface area contributed by atoms with Gasteiger partial charge in [0.25, 0.3) is 10.1 Å². The first-order valence-corrected chi connectivity index (χ1v) is 7.06. The monoisotopic (exact) mass is 297 g/mol. The average molecular weight is 297 g/mol. The quantitative estimate of drug-likeness (QED) is 0.608. The molecule has 0 aliphatic carbocycles. The molecule has 2 atom stereocenters. The Morgan fingerprint density at radius 1 is 1.32 bits per heavy atom. The number of carboxylic acid groups (broad SMARTS) is 1. The molecule has 0 radical (unpaired) electrons. The van der Waals surface area contributed by atoms with Crippen LogP contribution in [0, 0.1) is 5.92 Å². The molecule has 112 valence electrons. The Balaban J connectivity index is 5.03. The normalized spacial score (nSPS) is 16.5. The zero-order chi connectivity index (χ0) is 15.4. The van der Waals surface area contributed by atoms with Gasteiger partial charge in [-0.1, -0.05) is 13.8 Å². The maximum absolute atomic E-state index is 11.4. The average Bonchev–Trinajstić information content (AvgIpc) is 2.23. The number of hydrogen-bond acceptors (Lipinski definition) is 5. The molecule has 0 saturated carbocycles. The van der Waals surface area contributed by atoms with Gasteiger partial charge >= 0.3 is 12.1 Å². The van der Waals surface area contributed by atoms with E-state index < -0.39 is 33.0 Å². The predicted molar refractivity (Wildman–Crippen MR) is 66.4 cm³/mol. The van der Waals surface area contributed by atoms with E-state index in [1.165, 1.54) is 0 Å². The summed E-state index contributed by atoms with van der Waals surface area (Å²) >= 11 is 0. The van der Waals surface area contributed by atoms with E-state index in [-0.39, 0.29) is 12.5 Å². The van der Waals surface area contributed by atoms with Crippen molar-refractivity contribution in [2.45, 2.75) is 38.5 Å². The minimum Gasteiger partial charge on any atom is -0.479 e. The molecule has 0 aliphatic heterocycles. The topological polar surface area (TPSA) is 130 Å². The van der Waals surface area contributed by atoms with Gasteiger partial charge in [-0.3, -0.25) is 4.55 Å². The summed E-state index contributed by atoms with van der Waals surface area (Å²) in [6, 6.07) is 0. The Morgan fingerprint density at radius 3 is 2.11 bits per heavy atom. The van der Waals surface area contributed by atoms with E-state index in [0.29, 0.717) is 0 Å². The molecule has 9 heteroatoms. The number of ether oxygens (including phenoxy) is 1. The second-order valence-corrected chi connectivity index (χ2v) is 6.52. The standard InChI is InChI=1S/C10H19NO7S/c1-6(2)5-18-9(14)11-10(4,8(12)13)7(3)19(15,16)17/h6-7H,5H2,1-4H3,(H,11,14)(H,12,13)(H,15,16,17). The number of alkyl carbamates (subject to hydrolysis) is 1. The first-order valence-electron chi connectivity index (χ1n) is 5.56. The van der Waals surface area contributed by atoms with Crippen molar-refractivity contribution in [3.63, 3.8) is 0 Å². The smallest absolute Gasteiger partial charge is 0.408 e. The molecule has 0 bridgehead atoms. The molecule has 0 saturated heterocycles. The third-order valence-corrected chi connectivity index (χ3v) is 3.98. The molecule has 0 rings (SSSR count). The van der Waals surface area contributed by atoms with Crippen molar-refractivity contribution in [2.75, 3.05) is 6.61 Å². The molecule has 1 amide bonds. The third-order valence-electron chi connectivity index (χ3n) is 2.61. The second-order valence-electron chi connectivity index (χ2n) is 4.78. The largest absolute Gasteiger partial charge is 0.479 e. The zero-order valence-electron chi connectivity index (χ0n) is 11.2. The highest BCUT2D eigenvalue weighted by Gasteiger charge is 2.47. The number of carboxylic acids is 1. The molecule has 8 nitrogen and oxygen atoms in total. The van der Waals surface area contributed by atoms with Crippen LogP contribution in [-0.4, -0.2) is 47.5 Å². The number of amides is 1. The van der Waals surface area contributed by atoms with Crippen molar-refractivity contribution in [3.8, 4) is 0 Å². The highest BCUT2D eigenvalue weighted by Crippen LogP contribution is 2.17. The number of hydrogen-bond donors (Lipinski definition) is 3. The van der Waals surface area contributed by atoms with Crippen LogP contribution in [0.25, 0.3) is 0 Å². The van der Waals surface area contributed by atoms with Crippen LogP contribution in [0.1, 0.15) is 27.7 Å². The SMILES string of the molecule is CC(C)COC(=O)NC(C)(C(=O)O)C(C)S(=O)(=O)O. The number of nitrogens with one attached hydrogen (secondary N) is 1. The summed E-state index contributed by atoms with van der Waals surface area (Å²) in [7, 11) is -4.63. The van der Waals surface area contributed by atoms with Crippen molar-refractivity contribution in [1.82, 2.24) is 5.32 Å². The number of rotatable bonds is 6. The van der Waals surface area contributed by atoms with Crippen LogP contribution in [0.15, 0.2) is 0 Å². The lowest BCUT2D eigenvalue weighted by Gasteiger charge is -2.29. The zero-order valence-corrected chi connectivity index (χ0v) is 12.0. The Kier molecular flexibility index (Phi) is 5.76. The fourth-order valence-electron chi connectivity index (χ4n) is 1.12. The Hall–Kier alpha value is -1.35. The van der Waals surface area contributed by atoms with Crippen molar-refractivity contribution in [1.29, 1.82) is 0 Å². The highest BCUT2D eigenvalue weighted by atomic mass is 32.2. The van der Waals surface area contributed by atoms with Gasteiger partial charge in [-0.05, 0) is 19.8 Å². The van der Waals surface area contributed by atoms with Gasteiger partial charge in [-0.25, -0.2) is 9.59 Å². The molecular weight excluding hydrogens is 278 g/mol. The first-order chi connectivity index (χ1) is 8.41. The van der Waals surface area contributed by atoms with Crippen LogP contribution in [0.2, 0.25) is 0 Å². The molecule has 0 aromatic rings. The summed E-state index contributed by atoms with van der Waals surface area (Å²) in [5.41, 5.74) is -2.19. The maximum atomic E-state index is 11.4. The molecular formula is C10H19NO7S. The Bertz CT molecular complexity index is 445. The summed E-state index contributed by atoms with van der Waals surface area (Å²) in [6.45, 7) is 5.58. The molecule has 0 spiro atoms. The minimum atomic E-state index is -4.63. The highest BCUT2D eigenvalue weighted by molar-refractivity contribution is 7.86. The van der Waals surface area contributed by atoms with Gasteiger partial charge in [0.05, 0.1) is 6.61 Å². The summed E-state index contributed by atoms with van der Waals surface area (Å²) in [5, 5.41) is 9.27. The van der Waals surface area contributed by atoms with E-state index in [4.69, 9.17) is 14.4 Å². The Labute approximate surface area is 111 Å². The molecule has 0 aliphatic rings. The first kappa shape index (κ1) is 17.6. The van der Waals surface area contributed by atoms with Gasteiger partial charge in [-0.2, -0.15) is 8.42 Å². The molecule has 0 fully saturated rings. The van der Waals surface area contributed by atoms with E-state index in [2.05, 4.69) is 0 Å². The summed E-state index contributed by atoms with van der Waals surface area (Å²) in [4.78, 5) is 22.6. The van der Waals surface area contributed by atoms with Gasteiger partial charge in [0.15, 0.2) is 5.54 Å². The molecule has 3 N–H and O–H groups in total. The van der Waals surface area contributed by atoms with Crippen molar-refractivity contribution in [3.05, 3.63) is 0 Å². The predicted octanol–water partition coefficient (Wildman–Crippen LogP) is 0.488. The van der Waals surface area contributed by atoms with Crippen LogP contribution in [0.5, 0.6) is 0 Å². The molecule has 0 aromatic heterocycles. The fraction of sp³-hybridized carbons (Fsp3) is 0.800. The van der Waals surface area contributed by atoms with Crippen LogP contribution in [-0.2, 0) is 19.6 Å². The molecule has 0 heterocycles. The fourth-order valence-corrected chi connectivity index (χ4v) is 1.87. The van der Waals surface area contributed by atoms with Gasteiger partial charge in [0.1, 0.15) is 5.25 Å². The van der Waals surface area contributed by atoms with Crippen LogP contribution < -0.4 is 5.32 Å². The van der Waals surface area contributed by atoms with Crippen LogP contribution in [0.3, 0.4) is 0 Å². The lowest BCUT2D eigenvalue weighted by molar-refractivity contribution is -0.144. The molecule has 19 heavy (non-hydrogen) atoms. The molecule has 0 aromatic carbocycles. The van der Waals surface area contributed by atoms with Gasteiger partial charge in [0.2, 0.25) is 0 Å². The number of aliphatic carboxylic acids is 1. The van der Waals surface area contributed by atoms with E-state index in [0.717, 1.165) is 13.8 Å². The van der Waals surface area contributed by atoms with Gasteiger partial charge in [-0.15, -0.1) is 0 Å². The summed E-state index contributed by atoms with van der Waals surface area (Å²) in [6.07, 6.45) is -1.06. The lowest BCUT2D eigenvalue weighted by Crippen LogP contribution is -2.61. The minimum absolute atomic E-state index is 0.0424. The Morgan fingerprint density at radius 2 is 1.79 bits per heavy atom. The second kappa shape index (κ2) is 6.20. The number of carbonyl (C=O) groups excluding carboxylic acids is 1. The van der Waals surface area contributed by atoms with E-state index in [1.54, 1.807) is 13.8 Å². The number of carbonyl (C=O) groups is 2. The lowest BCUT2D eigenvalue weighted by atomic mass is 9.99. The van der Waals surface area contributed by atoms with Gasteiger partial charge in [0, 0.05) is 0 Å². The van der Waals surface area contributed by atoms with Crippen molar-refractivity contribution < 1.29 is 32.4 Å². The van der Waals surface area contributed by atoms with E-state index >= 15 is 0 Å². The van der Waals surface area contributed by atoms with Crippen molar-refractivity contribution >= 4 is 22.2 Å². The van der Waals surface area contributed by atoms with Crippen LogP contribution in [0.4, 0.5) is 4.79 Å². The molecule has 2 unspecified atom stereocenters. The van der Waals surface area contributed by atoms with Crippen molar-refractivity contribution in [2.24, 2.45) is 5.92 Å².